The molecule has 0 saturated heterocycles. The van der Waals surface area contributed by atoms with E-state index in [-0.39, 0.29) is 6.61 Å². The lowest BCUT2D eigenvalue weighted by molar-refractivity contribution is 0.147. The maximum atomic E-state index is 10.7. The highest BCUT2D eigenvalue weighted by molar-refractivity contribution is 7.51. The Morgan fingerprint density at radius 1 is 1.43 bits per heavy atom. The van der Waals surface area contributed by atoms with Crippen molar-refractivity contribution in [1.82, 2.24) is 19.7 Å². The number of rotatable bonds is 7. The molecule has 10 heteroatoms. The van der Waals surface area contributed by atoms with E-state index in [1.54, 1.807) is 10.9 Å². The Morgan fingerprint density at radius 3 is 2.95 bits per heavy atom. The highest BCUT2D eigenvalue weighted by atomic mass is 31.2. The average molecular weight is 313 g/mol. The quantitative estimate of drug-likeness (QED) is 0.500. The van der Waals surface area contributed by atoms with E-state index in [9.17, 15) is 4.57 Å². The summed E-state index contributed by atoms with van der Waals surface area (Å²) in [7, 11) is -4.12. The third-order valence-electron chi connectivity index (χ3n) is 3.06. The molecule has 2 aromatic rings. The van der Waals surface area contributed by atoms with E-state index < -0.39 is 13.9 Å². The van der Waals surface area contributed by atoms with Crippen LogP contribution in [0.4, 0.5) is 5.82 Å². The van der Waals surface area contributed by atoms with Crippen LogP contribution in [0.25, 0.3) is 11.0 Å². The van der Waals surface area contributed by atoms with Crippen LogP contribution in [-0.2, 0) is 15.8 Å². The number of fused-ring (bicyclic) bond motifs is 1. The van der Waals surface area contributed by atoms with Gasteiger partial charge in [0.15, 0.2) is 5.65 Å². The summed E-state index contributed by atoms with van der Waals surface area (Å²) in [5.41, 5.74) is 0.674. The molecular weight excluding hydrogens is 297 g/mol. The van der Waals surface area contributed by atoms with Gasteiger partial charge in [0.1, 0.15) is 18.5 Å². The summed E-state index contributed by atoms with van der Waals surface area (Å²) in [4.78, 5) is 25.8. The van der Waals surface area contributed by atoms with Gasteiger partial charge in [0.2, 0.25) is 0 Å². The number of anilines is 1. The van der Waals surface area contributed by atoms with Gasteiger partial charge in [-0.1, -0.05) is 0 Å². The fourth-order valence-corrected chi connectivity index (χ4v) is 2.29. The van der Waals surface area contributed by atoms with Crippen LogP contribution in [0.1, 0.15) is 12.8 Å². The van der Waals surface area contributed by atoms with Gasteiger partial charge < -0.3 is 19.8 Å². The standard InChI is InChI=1S/C11H16N5O4P/c17-21(18,19)7-20-4-3-16-11-9(5-14-16)10(12-6-13-11)15-8-1-2-8/h5-6,8H,1-4,7H2,(H,12,13,15)(H2,17,18,19). The van der Waals surface area contributed by atoms with Crippen molar-refractivity contribution in [3.8, 4) is 0 Å². The zero-order valence-corrected chi connectivity index (χ0v) is 12.1. The van der Waals surface area contributed by atoms with Gasteiger partial charge in [-0.05, 0) is 12.8 Å². The fraction of sp³-hybridized carbons (Fsp3) is 0.545. The zero-order valence-electron chi connectivity index (χ0n) is 11.2. The van der Waals surface area contributed by atoms with Gasteiger partial charge in [-0.25, -0.2) is 14.6 Å². The Kier molecular flexibility index (Phi) is 3.90. The van der Waals surface area contributed by atoms with E-state index in [1.165, 1.54) is 6.33 Å². The molecule has 3 N–H and O–H groups in total. The van der Waals surface area contributed by atoms with E-state index in [0.717, 1.165) is 24.0 Å². The first-order chi connectivity index (χ1) is 10.0. The van der Waals surface area contributed by atoms with Gasteiger partial charge in [-0.15, -0.1) is 0 Å². The van der Waals surface area contributed by atoms with E-state index in [2.05, 4.69) is 20.4 Å². The molecule has 0 atom stereocenters. The minimum absolute atomic E-state index is 0.150. The molecule has 3 rings (SSSR count). The number of hydrogen-bond donors (Lipinski definition) is 3. The molecule has 9 nitrogen and oxygen atoms in total. The molecular formula is C11H16N5O4P. The number of aromatic nitrogens is 4. The second-order valence-electron chi connectivity index (χ2n) is 4.95. The van der Waals surface area contributed by atoms with Gasteiger partial charge in [-0.2, -0.15) is 5.10 Å². The Morgan fingerprint density at radius 2 is 2.24 bits per heavy atom. The molecule has 0 radical (unpaired) electrons. The van der Waals surface area contributed by atoms with Crippen molar-refractivity contribution in [2.45, 2.75) is 25.4 Å². The maximum absolute atomic E-state index is 10.7. The van der Waals surface area contributed by atoms with Crippen LogP contribution in [0.2, 0.25) is 0 Å². The Hall–Kier alpha value is -1.54. The number of nitrogens with one attached hydrogen (secondary N) is 1. The van der Waals surface area contributed by atoms with Crippen molar-refractivity contribution < 1.29 is 19.1 Å². The highest BCUT2D eigenvalue weighted by Gasteiger charge is 2.23. The van der Waals surface area contributed by atoms with E-state index >= 15 is 0 Å². The highest BCUT2D eigenvalue weighted by Crippen LogP contribution is 2.33. The minimum atomic E-state index is -4.12. The molecule has 1 aliphatic rings. The molecule has 0 aliphatic heterocycles. The molecule has 0 aromatic carbocycles. The van der Waals surface area contributed by atoms with Crippen molar-refractivity contribution >= 4 is 24.4 Å². The van der Waals surface area contributed by atoms with Gasteiger partial charge in [-0.3, -0.25) is 4.57 Å². The van der Waals surface area contributed by atoms with E-state index in [4.69, 9.17) is 14.5 Å². The third kappa shape index (κ3) is 3.76. The van der Waals surface area contributed by atoms with Gasteiger partial charge in [0.05, 0.1) is 24.7 Å². The van der Waals surface area contributed by atoms with Crippen molar-refractivity contribution in [3.05, 3.63) is 12.5 Å². The second kappa shape index (κ2) is 5.69. The number of nitrogens with zero attached hydrogens (tertiary/aromatic N) is 4. The van der Waals surface area contributed by atoms with Gasteiger partial charge in [0, 0.05) is 6.04 Å². The number of ether oxygens (including phenoxy) is 1. The average Bonchev–Trinajstić information content (AvgIpc) is 3.13. The first-order valence-electron chi connectivity index (χ1n) is 6.58. The van der Waals surface area contributed by atoms with Crippen LogP contribution in [-0.4, -0.2) is 48.5 Å². The van der Waals surface area contributed by atoms with Crippen LogP contribution >= 0.6 is 7.60 Å². The molecule has 2 heterocycles. The molecule has 0 bridgehead atoms. The van der Waals surface area contributed by atoms with Crippen LogP contribution < -0.4 is 5.32 Å². The molecule has 1 aliphatic carbocycles. The second-order valence-corrected chi connectivity index (χ2v) is 6.54. The lowest BCUT2D eigenvalue weighted by Crippen LogP contribution is -2.09. The summed E-state index contributed by atoms with van der Waals surface area (Å²) < 4.78 is 17.3. The lowest BCUT2D eigenvalue weighted by Gasteiger charge is -2.07. The maximum Gasteiger partial charge on any atom is 0.350 e. The molecule has 0 unspecified atom stereocenters. The summed E-state index contributed by atoms with van der Waals surface area (Å²) in [6.45, 7) is 0.515. The van der Waals surface area contributed by atoms with Gasteiger partial charge >= 0.3 is 7.60 Å². The third-order valence-corrected chi connectivity index (χ3v) is 3.58. The first kappa shape index (κ1) is 14.4. The van der Waals surface area contributed by atoms with Crippen molar-refractivity contribution in [1.29, 1.82) is 0 Å². The van der Waals surface area contributed by atoms with Crippen molar-refractivity contribution in [2.24, 2.45) is 0 Å². The summed E-state index contributed by atoms with van der Waals surface area (Å²) in [6, 6.07) is 0.484. The van der Waals surface area contributed by atoms with Crippen LogP contribution in [0.15, 0.2) is 12.5 Å². The van der Waals surface area contributed by atoms with E-state index in [1.807, 2.05) is 0 Å². The Bertz CT molecular complexity index is 680. The summed E-state index contributed by atoms with van der Waals surface area (Å²) in [5.74, 6) is 0.768. The first-order valence-corrected chi connectivity index (χ1v) is 8.38. The molecule has 1 saturated carbocycles. The van der Waals surface area contributed by atoms with Crippen molar-refractivity contribution in [2.75, 3.05) is 18.3 Å². The van der Waals surface area contributed by atoms with Crippen LogP contribution in [0.3, 0.4) is 0 Å². The fourth-order valence-electron chi connectivity index (χ4n) is 1.93. The summed E-state index contributed by atoms with van der Waals surface area (Å²) in [6.07, 6.45) is 4.87. The predicted molar refractivity (Wildman–Crippen MR) is 74.8 cm³/mol. The largest absolute Gasteiger partial charge is 0.367 e. The molecule has 21 heavy (non-hydrogen) atoms. The molecule has 1 fully saturated rings. The summed E-state index contributed by atoms with van der Waals surface area (Å²) >= 11 is 0. The zero-order chi connectivity index (χ0) is 14.9. The van der Waals surface area contributed by atoms with E-state index in [0.29, 0.717) is 18.2 Å². The lowest BCUT2D eigenvalue weighted by atomic mass is 10.4. The molecule has 114 valence electrons. The summed E-state index contributed by atoms with van der Waals surface area (Å²) in [5, 5.41) is 8.37. The monoisotopic (exact) mass is 313 g/mol. The molecule has 0 amide bonds. The van der Waals surface area contributed by atoms with Crippen LogP contribution in [0.5, 0.6) is 0 Å². The SMILES string of the molecule is O=P(O)(O)COCCn1ncc2c(NC3CC3)ncnc21. The smallest absolute Gasteiger partial charge is 0.350 e. The predicted octanol–water partition coefficient (Wildman–Crippen LogP) is 0.552. The van der Waals surface area contributed by atoms with Crippen LogP contribution in [0, 0.1) is 0 Å². The number of hydrogen-bond acceptors (Lipinski definition) is 6. The van der Waals surface area contributed by atoms with Crippen molar-refractivity contribution in [3.63, 3.8) is 0 Å². The minimum Gasteiger partial charge on any atom is -0.367 e. The Balaban J connectivity index is 1.67. The molecule has 2 aromatic heterocycles. The molecule has 0 spiro atoms. The normalized spacial score (nSPS) is 15.5. The topological polar surface area (TPSA) is 122 Å². The van der Waals surface area contributed by atoms with Gasteiger partial charge in [0.25, 0.3) is 0 Å². The Labute approximate surface area is 120 Å².